The lowest BCUT2D eigenvalue weighted by Gasteiger charge is -2.35. The summed E-state index contributed by atoms with van der Waals surface area (Å²) in [5, 5.41) is 26.0. The van der Waals surface area contributed by atoms with Crippen LogP contribution in [0.3, 0.4) is 0 Å². The monoisotopic (exact) mass is 582 g/mol. The fourth-order valence-corrected chi connectivity index (χ4v) is 3.95. The molecule has 11 heteroatoms. The van der Waals surface area contributed by atoms with Gasteiger partial charge in [-0.05, 0) is 65.1 Å². The first-order valence-electron chi connectivity index (χ1n) is 13.8. The van der Waals surface area contributed by atoms with Crippen LogP contribution in [0.2, 0.25) is 0 Å². The number of nitrogens with zero attached hydrogens (tertiary/aromatic N) is 2. The Bertz CT molecular complexity index is 1080. The van der Waals surface area contributed by atoms with Crippen LogP contribution < -0.4 is 27.4 Å². The predicted octanol–water partition coefficient (Wildman–Crippen LogP) is 2.02. The zero-order valence-corrected chi connectivity index (χ0v) is 26.0. The number of hydrogen-bond donors (Lipinski definition) is 6. The predicted molar refractivity (Wildman–Crippen MR) is 171 cm³/mol. The van der Waals surface area contributed by atoms with Gasteiger partial charge >= 0.3 is 0 Å². The zero-order chi connectivity index (χ0) is 32.6. The largest absolute Gasteiger partial charge is 0.387 e. The number of allylic oxidation sites excluding steroid dienone is 4. The molecule has 42 heavy (non-hydrogen) atoms. The summed E-state index contributed by atoms with van der Waals surface area (Å²) in [6.07, 6.45) is 7.52. The normalized spacial score (nSPS) is 12.1. The number of rotatable bonds is 16. The highest BCUT2D eigenvalue weighted by molar-refractivity contribution is 5.95. The fraction of sp³-hybridized carbons (Fsp3) is 0.452. The van der Waals surface area contributed by atoms with Gasteiger partial charge in [0.1, 0.15) is 18.7 Å². The van der Waals surface area contributed by atoms with Crippen LogP contribution in [0, 0.1) is 16.7 Å². The minimum absolute atomic E-state index is 0.0339. The minimum atomic E-state index is -1.06. The average Bonchev–Trinajstić information content (AvgIpc) is 3.00. The molecule has 0 aliphatic rings. The van der Waals surface area contributed by atoms with Crippen molar-refractivity contribution in [1.82, 2.24) is 20.9 Å². The Hall–Kier alpha value is -4.11. The lowest BCUT2D eigenvalue weighted by Crippen LogP contribution is -2.45. The van der Waals surface area contributed by atoms with E-state index in [0.717, 1.165) is 12.8 Å². The molecule has 0 saturated carbocycles. The average molecular weight is 583 g/mol. The number of benzene rings is 1. The van der Waals surface area contributed by atoms with Crippen LogP contribution >= 0.6 is 0 Å². The molecule has 232 valence electrons. The van der Waals surface area contributed by atoms with Crippen molar-refractivity contribution in [2.75, 3.05) is 54.4 Å². The number of aldehydes is 1. The van der Waals surface area contributed by atoms with E-state index in [9.17, 15) is 14.4 Å². The number of hydrogen-bond acceptors (Lipinski definition) is 8. The number of carbonyl (C=O) groups is 3. The Balaban J connectivity index is 0. The first-order chi connectivity index (χ1) is 20.1. The summed E-state index contributed by atoms with van der Waals surface area (Å²) < 4.78 is 0. The van der Waals surface area contributed by atoms with Crippen LogP contribution in [0.15, 0.2) is 60.2 Å². The van der Waals surface area contributed by atoms with Gasteiger partial charge in [0.2, 0.25) is 5.91 Å². The van der Waals surface area contributed by atoms with Crippen molar-refractivity contribution in [2.45, 2.75) is 38.5 Å². The van der Waals surface area contributed by atoms with Crippen LogP contribution in [-0.4, -0.2) is 83.2 Å². The Morgan fingerprint density at radius 2 is 1.76 bits per heavy atom. The van der Waals surface area contributed by atoms with Crippen molar-refractivity contribution in [3.05, 3.63) is 71.3 Å². The molecular weight excluding hydrogens is 532 g/mol. The summed E-state index contributed by atoms with van der Waals surface area (Å²) in [5.41, 5.74) is 11.9. The first-order valence-corrected chi connectivity index (χ1v) is 13.8. The number of amides is 2. The van der Waals surface area contributed by atoms with Crippen LogP contribution in [0.25, 0.3) is 0 Å². The SMILES string of the molecule is C=C/C(C=O)=C\C=C(/C)C(CCNCC(=O)N(CC#N)CCCC)(C(=N)N)c1ccc(C(=O)NC)cc1.CN.CNC. The van der Waals surface area contributed by atoms with Crippen LogP contribution in [-0.2, 0) is 15.0 Å². The first kappa shape index (κ1) is 40.0. The molecule has 1 aromatic rings. The molecule has 0 bridgehead atoms. The maximum Gasteiger partial charge on any atom is 0.251 e. The molecule has 0 saturated heterocycles. The molecule has 1 aromatic carbocycles. The van der Waals surface area contributed by atoms with Crippen molar-refractivity contribution < 1.29 is 14.4 Å². The highest BCUT2D eigenvalue weighted by Gasteiger charge is 2.37. The van der Waals surface area contributed by atoms with E-state index in [0.29, 0.717) is 48.1 Å². The van der Waals surface area contributed by atoms with Gasteiger partial charge in [0.25, 0.3) is 5.91 Å². The van der Waals surface area contributed by atoms with Crippen LogP contribution in [0.5, 0.6) is 0 Å². The third kappa shape index (κ3) is 13.0. The Labute approximate surface area is 251 Å². The van der Waals surface area contributed by atoms with E-state index in [1.54, 1.807) is 43.5 Å². The third-order valence-corrected chi connectivity index (χ3v) is 6.25. The fourth-order valence-electron chi connectivity index (χ4n) is 3.95. The van der Waals surface area contributed by atoms with Gasteiger partial charge in [-0.1, -0.05) is 55.9 Å². The number of nitrogens with one attached hydrogen (secondary N) is 4. The summed E-state index contributed by atoms with van der Waals surface area (Å²) in [6, 6.07) is 8.88. The Morgan fingerprint density at radius 3 is 2.21 bits per heavy atom. The number of carbonyl (C=O) groups excluding carboxylic acids is 3. The molecule has 0 aliphatic carbocycles. The maximum absolute atomic E-state index is 12.6. The second-order valence-electron chi connectivity index (χ2n) is 9.07. The smallest absolute Gasteiger partial charge is 0.251 e. The van der Waals surface area contributed by atoms with E-state index in [4.69, 9.17) is 16.4 Å². The standard InChI is InChI=1S/C28H38N6O3.C2H7N.CH5N/c1-5-7-17-34(18-15-29)25(36)19-33-16-14-28(27(30)31,21(3)8-9-22(6-2)20-35)24-12-10-23(11-13-24)26(37)32-4;1-3-2;1-2/h6,8-13,20,33H,2,5,7,14,16-19H2,1,3-4H3,(H3,30,31)(H,32,37);3H,1-2H3;2H2,1H3/b21-8+,22-9+;;. The van der Waals surface area contributed by atoms with E-state index < -0.39 is 5.41 Å². The number of unbranched alkanes of at least 4 members (excludes halogenated alkanes) is 1. The van der Waals surface area contributed by atoms with E-state index in [1.165, 1.54) is 18.0 Å². The van der Waals surface area contributed by atoms with Crippen LogP contribution in [0.4, 0.5) is 0 Å². The van der Waals surface area contributed by atoms with Crippen molar-refractivity contribution in [3.8, 4) is 6.07 Å². The van der Waals surface area contributed by atoms with Gasteiger partial charge in [-0.3, -0.25) is 19.8 Å². The molecule has 0 heterocycles. The number of nitriles is 1. The summed E-state index contributed by atoms with van der Waals surface area (Å²) in [5.74, 6) is -0.520. The molecular formula is C31H50N8O3. The number of nitrogens with two attached hydrogens (primary N) is 2. The van der Waals surface area contributed by atoms with Crippen molar-refractivity contribution in [3.63, 3.8) is 0 Å². The molecule has 0 aromatic heterocycles. The van der Waals surface area contributed by atoms with Gasteiger partial charge in [0.05, 0.1) is 18.0 Å². The van der Waals surface area contributed by atoms with Gasteiger partial charge < -0.3 is 32.3 Å². The van der Waals surface area contributed by atoms with E-state index in [-0.39, 0.29) is 30.7 Å². The second-order valence-corrected chi connectivity index (χ2v) is 9.07. The van der Waals surface area contributed by atoms with Gasteiger partial charge in [-0.2, -0.15) is 5.26 Å². The summed E-state index contributed by atoms with van der Waals surface area (Å²) in [4.78, 5) is 37.4. The van der Waals surface area contributed by atoms with E-state index in [1.807, 2.05) is 34.0 Å². The second kappa shape index (κ2) is 23.6. The molecule has 2 amide bonds. The highest BCUT2D eigenvalue weighted by Crippen LogP contribution is 2.36. The molecule has 0 radical (unpaired) electrons. The molecule has 0 aliphatic heterocycles. The van der Waals surface area contributed by atoms with Gasteiger partial charge in [-0.15, -0.1) is 0 Å². The molecule has 1 unspecified atom stereocenters. The van der Waals surface area contributed by atoms with Crippen LogP contribution in [0.1, 0.15) is 49.0 Å². The van der Waals surface area contributed by atoms with E-state index in [2.05, 4.69) is 28.3 Å². The van der Waals surface area contributed by atoms with Crippen molar-refractivity contribution in [2.24, 2.45) is 11.5 Å². The summed E-state index contributed by atoms with van der Waals surface area (Å²) in [6.45, 7) is 8.41. The summed E-state index contributed by atoms with van der Waals surface area (Å²) in [7, 11) is 6.80. The molecule has 8 N–H and O–H groups in total. The molecule has 0 fully saturated rings. The topological polar surface area (TPSA) is 190 Å². The summed E-state index contributed by atoms with van der Waals surface area (Å²) >= 11 is 0. The van der Waals surface area contributed by atoms with Crippen molar-refractivity contribution >= 4 is 23.9 Å². The molecule has 1 atom stereocenters. The third-order valence-electron chi connectivity index (χ3n) is 6.25. The van der Waals surface area contributed by atoms with Gasteiger partial charge in [-0.25, -0.2) is 0 Å². The lowest BCUT2D eigenvalue weighted by molar-refractivity contribution is -0.129. The molecule has 11 nitrogen and oxygen atoms in total. The van der Waals surface area contributed by atoms with E-state index >= 15 is 0 Å². The molecule has 0 spiro atoms. The highest BCUT2D eigenvalue weighted by atomic mass is 16.2. The molecule has 1 rings (SSSR count). The minimum Gasteiger partial charge on any atom is -0.387 e. The maximum atomic E-state index is 12.6. The van der Waals surface area contributed by atoms with Crippen molar-refractivity contribution in [1.29, 1.82) is 10.7 Å². The van der Waals surface area contributed by atoms with Gasteiger partial charge in [0.15, 0.2) is 0 Å². The lowest BCUT2D eigenvalue weighted by atomic mass is 9.70. The van der Waals surface area contributed by atoms with Gasteiger partial charge in [0, 0.05) is 24.7 Å². The Morgan fingerprint density at radius 1 is 1.17 bits per heavy atom. The number of amidine groups is 1. The Kier molecular flexibility index (Phi) is 22.5. The quantitative estimate of drug-likeness (QED) is 0.0324. The zero-order valence-electron chi connectivity index (χ0n) is 26.0.